The van der Waals surface area contributed by atoms with Crippen LogP contribution in [0.15, 0.2) is 134 Å². The van der Waals surface area contributed by atoms with Gasteiger partial charge in [0, 0.05) is 118 Å². The summed E-state index contributed by atoms with van der Waals surface area (Å²) < 4.78 is 7.90. The van der Waals surface area contributed by atoms with Gasteiger partial charge in [0.25, 0.3) is 0 Å². The van der Waals surface area contributed by atoms with E-state index >= 15 is 0 Å². The van der Waals surface area contributed by atoms with Crippen molar-refractivity contribution in [1.82, 2.24) is 9.97 Å². The number of pyridine rings is 2. The van der Waals surface area contributed by atoms with Gasteiger partial charge in [-0.25, -0.2) is 0 Å². The minimum absolute atomic E-state index is 1.19. The largest absolute Gasteiger partial charge is 0.264 e. The van der Waals surface area contributed by atoms with Crippen LogP contribution >= 0.6 is 34.0 Å². The SMILES string of the molecule is c1ccc2c(c1)sc1c(-c3cc4c5cc(-c6cccc7c6sc6ccccc67)c6cnccc6c5sc4c4ccncc34)cccc12. The fourth-order valence-corrected chi connectivity index (χ4v) is 11.4. The molecule has 0 aliphatic carbocycles. The molecule has 0 bridgehead atoms. The Labute approximate surface area is 280 Å². The summed E-state index contributed by atoms with van der Waals surface area (Å²) in [5, 5.41) is 12.7. The minimum atomic E-state index is 1.19. The van der Waals surface area contributed by atoms with E-state index in [4.69, 9.17) is 0 Å². The van der Waals surface area contributed by atoms with Crippen LogP contribution in [0, 0.1) is 0 Å². The van der Waals surface area contributed by atoms with Gasteiger partial charge in [0.05, 0.1) is 0 Å². The van der Waals surface area contributed by atoms with E-state index in [2.05, 4.69) is 132 Å². The lowest BCUT2D eigenvalue weighted by Gasteiger charge is -2.11. The van der Waals surface area contributed by atoms with Crippen molar-refractivity contribution in [2.45, 2.75) is 0 Å². The van der Waals surface area contributed by atoms with Gasteiger partial charge in [0.1, 0.15) is 0 Å². The van der Waals surface area contributed by atoms with E-state index in [1.54, 1.807) is 0 Å². The highest BCUT2D eigenvalue weighted by molar-refractivity contribution is 7.28. The van der Waals surface area contributed by atoms with Crippen molar-refractivity contribution in [1.29, 1.82) is 0 Å². The van der Waals surface area contributed by atoms with Gasteiger partial charge in [0.15, 0.2) is 0 Å². The van der Waals surface area contributed by atoms with Gasteiger partial charge in [-0.2, -0.15) is 0 Å². The van der Waals surface area contributed by atoms with Crippen LogP contribution in [-0.2, 0) is 0 Å². The standard InChI is InChI=1S/C42H22N2S3/c1-3-13-37-23(7-1)25-9-5-11-27(39(25)45-37)31-19-33-34-20-32(28-12-6-10-26-24-8-2-4-14-38(24)46-40(26)28)36-22-44-18-16-30(36)42(34)47-41(33)29-15-17-43-21-35(29)31/h1-22H. The zero-order chi connectivity index (χ0) is 30.6. The third kappa shape index (κ3) is 3.59. The van der Waals surface area contributed by atoms with Crippen molar-refractivity contribution in [2.24, 2.45) is 0 Å². The van der Waals surface area contributed by atoms with Crippen LogP contribution < -0.4 is 0 Å². The van der Waals surface area contributed by atoms with Crippen LogP contribution in [-0.4, -0.2) is 9.97 Å². The molecule has 11 rings (SSSR count). The smallest absolute Gasteiger partial charge is 0.0435 e. The molecule has 5 aromatic heterocycles. The molecule has 0 radical (unpaired) electrons. The second-order valence-corrected chi connectivity index (χ2v) is 15.2. The second-order valence-electron chi connectivity index (χ2n) is 12.1. The molecule has 0 amide bonds. The number of hydrogen-bond donors (Lipinski definition) is 0. The average molecular weight is 651 g/mol. The zero-order valence-electron chi connectivity index (χ0n) is 24.8. The first-order chi connectivity index (χ1) is 23.3. The third-order valence-electron chi connectivity index (χ3n) is 9.66. The molecule has 0 saturated heterocycles. The van der Waals surface area contributed by atoms with Crippen LogP contribution in [0.2, 0.25) is 0 Å². The quantitative estimate of drug-likeness (QED) is 0.186. The van der Waals surface area contributed by atoms with E-state index in [0.29, 0.717) is 0 Å². The van der Waals surface area contributed by atoms with Gasteiger partial charge >= 0.3 is 0 Å². The number of rotatable bonds is 2. The van der Waals surface area contributed by atoms with Crippen LogP contribution in [0.3, 0.4) is 0 Å². The minimum Gasteiger partial charge on any atom is -0.264 e. The van der Waals surface area contributed by atoms with Gasteiger partial charge in [-0.15, -0.1) is 34.0 Å². The molecule has 0 unspecified atom stereocenters. The molecule has 47 heavy (non-hydrogen) atoms. The summed E-state index contributed by atoms with van der Waals surface area (Å²) in [6.45, 7) is 0. The molecule has 0 atom stereocenters. The number of fused-ring (bicyclic) bond motifs is 13. The number of thiophene rings is 3. The number of nitrogens with zero attached hydrogens (tertiary/aromatic N) is 2. The lowest BCUT2D eigenvalue weighted by molar-refractivity contribution is 1.37. The highest BCUT2D eigenvalue weighted by Crippen LogP contribution is 2.50. The van der Waals surface area contributed by atoms with E-state index in [1.165, 1.54) is 104 Å². The first kappa shape index (κ1) is 25.9. The van der Waals surface area contributed by atoms with E-state index in [9.17, 15) is 0 Å². The maximum Gasteiger partial charge on any atom is 0.0435 e. The second kappa shape index (κ2) is 9.66. The lowest BCUT2D eigenvalue weighted by Crippen LogP contribution is -1.86. The zero-order valence-corrected chi connectivity index (χ0v) is 27.3. The Balaban J connectivity index is 1.28. The van der Waals surface area contributed by atoms with Crippen LogP contribution in [0.1, 0.15) is 0 Å². The first-order valence-corrected chi connectivity index (χ1v) is 18.1. The van der Waals surface area contributed by atoms with E-state index < -0.39 is 0 Å². The van der Waals surface area contributed by atoms with Crippen molar-refractivity contribution in [3.63, 3.8) is 0 Å². The average Bonchev–Trinajstić information content (AvgIpc) is 3.82. The van der Waals surface area contributed by atoms with E-state index in [1.807, 2.05) is 46.4 Å². The summed E-state index contributed by atoms with van der Waals surface area (Å²) in [5.74, 6) is 0. The Morgan fingerprint density at radius 3 is 1.28 bits per heavy atom. The molecule has 0 aliphatic rings. The molecule has 0 aliphatic heterocycles. The maximum atomic E-state index is 4.63. The van der Waals surface area contributed by atoms with Crippen molar-refractivity contribution in [2.75, 3.05) is 0 Å². The predicted octanol–water partition coefficient (Wildman–Crippen LogP) is 13.2. The summed E-state index contributed by atoms with van der Waals surface area (Å²) in [7, 11) is 0. The highest BCUT2D eigenvalue weighted by Gasteiger charge is 2.20. The molecular formula is C42H22N2S3. The fourth-order valence-electron chi connectivity index (χ4n) is 7.57. The predicted molar refractivity (Wildman–Crippen MR) is 207 cm³/mol. The van der Waals surface area contributed by atoms with Gasteiger partial charge in [-0.05, 0) is 47.5 Å². The van der Waals surface area contributed by atoms with Crippen molar-refractivity contribution < 1.29 is 0 Å². The Morgan fingerprint density at radius 2 is 0.766 bits per heavy atom. The van der Waals surface area contributed by atoms with Crippen molar-refractivity contribution >= 4 is 116 Å². The topological polar surface area (TPSA) is 25.8 Å². The Bertz CT molecular complexity index is 2880. The van der Waals surface area contributed by atoms with Gasteiger partial charge in [-0.1, -0.05) is 72.8 Å². The van der Waals surface area contributed by atoms with E-state index in [0.717, 1.165) is 0 Å². The molecular weight excluding hydrogens is 629 g/mol. The van der Waals surface area contributed by atoms with Crippen LogP contribution in [0.4, 0.5) is 0 Å². The first-order valence-electron chi connectivity index (χ1n) is 15.6. The normalized spacial score (nSPS) is 12.3. The van der Waals surface area contributed by atoms with Crippen LogP contribution in [0.25, 0.3) is 104 Å². The molecule has 2 nitrogen and oxygen atoms in total. The van der Waals surface area contributed by atoms with Crippen molar-refractivity contribution in [3.05, 3.63) is 134 Å². The Morgan fingerprint density at radius 1 is 0.319 bits per heavy atom. The maximum absolute atomic E-state index is 4.63. The molecule has 218 valence electrons. The fraction of sp³-hybridized carbons (Fsp3) is 0. The summed E-state index contributed by atoms with van der Waals surface area (Å²) in [5.41, 5.74) is 5.01. The number of aromatic nitrogens is 2. The molecule has 0 fully saturated rings. The molecule has 0 N–H and O–H groups in total. The molecule has 11 aromatic rings. The number of benzene rings is 6. The Hall–Kier alpha value is -5.20. The Kier molecular flexibility index (Phi) is 5.33. The molecule has 0 spiro atoms. The third-order valence-corrected chi connectivity index (χ3v) is 13.4. The van der Waals surface area contributed by atoms with E-state index in [-0.39, 0.29) is 0 Å². The lowest BCUT2D eigenvalue weighted by atomic mass is 9.93. The number of hydrogen-bond acceptors (Lipinski definition) is 5. The van der Waals surface area contributed by atoms with Gasteiger partial charge < -0.3 is 0 Å². The molecule has 0 saturated carbocycles. The molecule has 6 aromatic carbocycles. The monoisotopic (exact) mass is 650 g/mol. The summed E-state index contributed by atoms with van der Waals surface area (Å²) in [4.78, 5) is 9.27. The summed E-state index contributed by atoms with van der Waals surface area (Å²) in [6, 6.07) is 40.3. The van der Waals surface area contributed by atoms with Gasteiger partial charge in [0.2, 0.25) is 0 Å². The van der Waals surface area contributed by atoms with Gasteiger partial charge in [-0.3, -0.25) is 9.97 Å². The van der Waals surface area contributed by atoms with Crippen molar-refractivity contribution in [3.8, 4) is 22.3 Å². The summed E-state index contributed by atoms with van der Waals surface area (Å²) >= 11 is 5.66. The highest BCUT2D eigenvalue weighted by atomic mass is 32.1. The molecule has 5 heterocycles. The summed E-state index contributed by atoms with van der Waals surface area (Å²) in [6.07, 6.45) is 7.98. The molecule has 5 heteroatoms. The van der Waals surface area contributed by atoms with Crippen LogP contribution in [0.5, 0.6) is 0 Å².